The van der Waals surface area contributed by atoms with E-state index < -0.39 is 5.95 Å². The van der Waals surface area contributed by atoms with Crippen LogP contribution in [-0.2, 0) is 0 Å². The van der Waals surface area contributed by atoms with Crippen molar-refractivity contribution in [3.05, 3.63) is 23.2 Å². The zero-order chi connectivity index (χ0) is 7.56. The van der Waals surface area contributed by atoms with Crippen LogP contribution in [0.25, 0.3) is 0 Å². The maximum absolute atomic E-state index is 12.6. The lowest BCUT2D eigenvalue weighted by molar-refractivity contribution is 0.557. The Morgan fingerprint density at radius 3 is 2.80 bits per heavy atom. The molecule has 0 radical (unpaired) electrons. The van der Waals surface area contributed by atoms with Crippen LogP contribution >= 0.6 is 23.4 Å². The number of rotatable bonds is 1. The van der Waals surface area contributed by atoms with Crippen molar-refractivity contribution in [3.63, 3.8) is 0 Å². The predicted octanol–water partition coefficient (Wildman–Crippen LogP) is 2.60. The Balaban J connectivity index is 3.17. The molecule has 0 N–H and O–H groups in total. The van der Waals surface area contributed by atoms with Gasteiger partial charge in [0.1, 0.15) is 0 Å². The van der Waals surface area contributed by atoms with E-state index in [-0.39, 0.29) is 0 Å². The van der Waals surface area contributed by atoms with Gasteiger partial charge in [0.25, 0.3) is 0 Å². The van der Waals surface area contributed by atoms with E-state index in [1.165, 1.54) is 18.0 Å². The van der Waals surface area contributed by atoms with Crippen LogP contribution in [0.4, 0.5) is 4.39 Å². The SMILES string of the molecule is CSc1c(Cl)ccnc1F. The molecule has 1 aromatic rings. The number of halogens is 2. The first-order valence-corrected chi connectivity index (χ1v) is 4.20. The number of aromatic nitrogens is 1. The molecular weight excluding hydrogens is 173 g/mol. The molecule has 10 heavy (non-hydrogen) atoms. The monoisotopic (exact) mass is 177 g/mol. The molecule has 0 aliphatic rings. The van der Waals surface area contributed by atoms with Crippen LogP contribution in [-0.4, -0.2) is 11.2 Å². The molecular formula is C6H5ClFNS. The predicted molar refractivity (Wildman–Crippen MR) is 41.0 cm³/mol. The van der Waals surface area contributed by atoms with E-state index in [4.69, 9.17) is 11.6 Å². The smallest absolute Gasteiger partial charge is 0.227 e. The van der Waals surface area contributed by atoms with Crippen LogP contribution in [0.15, 0.2) is 17.2 Å². The van der Waals surface area contributed by atoms with Crippen LogP contribution in [0.5, 0.6) is 0 Å². The summed E-state index contributed by atoms with van der Waals surface area (Å²) in [6.45, 7) is 0. The van der Waals surface area contributed by atoms with E-state index >= 15 is 0 Å². The number of pyridine rings is 1. The fraction of sp³-hybridized carbons (Fsp3) is 0.167. The lowest BCUT2D eigenvalue weighted by Crippen LogP contribution is -1.85. The van der Waals surface area contributed by atoms with Crippen molar-refractivity contribution in [2.45, 2.75) is 4.90 Å². The summed E-state index contributed by atoms with van der Waals surface area (Å²) in [5.41, 5.74) is 0. The topological polar surface area (TPSA) is 12.9 Å². The molecule has 0 unspecified atom stereocenters. The number of nitrogens with zero attached hydrogens (tertiary/aromatic N) is 1. The second-order valence-corrected chi connectivity index (χ2v) is 2.84. The first-order chi connectivity index (χ1) is 4.75. The van der Waals surface area contributed by atoms with Gasteiger partial charge in [-0.2, -0.15) is 4.39 Å². The van der Waals surface area contributed by atoms with E-state index in [9.17, 15) is 4.39 Å². The zero-order valence-electron chi connectivity index (χ0n) is 5.27. The third kappa shape index (κ3) is 1.41. The largest absolute Gasteiger partial charge is 0.228 e. The summed E-state index contributed by atoms with van der Waals surface area (Å²) in [4.78, 5) is 3.85. The van der Waals surface area contributed by atoms with Gasteiger partial charge in [-0.3, -0.25) is 0 Å². The molecule has 0 bridgehead atoms. The van der Waals surface area contributed by atoms with Crippen LogP contribution in [0.1, 0.15) is 0 Å². The van der Waals surface area contributed by atoms with E-state index in [0.717, 1.165) is 0 Å². The highest BCUT2D eigenvalue weighted by molar-refractivity contribution is 7.98. The molecule has 0 aliphatic carbocycles. The third-order valence-corrected chi connectivity index (χ3v) is 2.24. The summed E-state index contributed by atoms with van der Waals surface area (Å²) in [6.07, 6.45) is 3.10. The number of thioether (sulfide) groups is 1. The van der Waals surface area contributed by atoms with Gasteiger partial charge in [0.05, 0.1) is 9.92 Å². The second kappa shape index (κ2) is 3.21. The van der Waals surface area contributed by atoms with E-state index in [0.29, 0.717) is 9.92 Å². The fourth-order valence-corrected chi connectivity index (χ4v) is 1.43. The maximum atomic E-state index is 12.6. The maximum Gasteiger partial charge on any atom is 0.228 e. The van der Waals surface area contributed by atoms with Gasteiger partial charge in [0.2, 0.25) is 5.95 Å². The average Bonchev–Trinajstić information content (AvgIpc) is 1.88. The van der Waals surface area contributed by atoms with Crippen molar-refractivity contribution >= 4 is 23.4 Å². The summed E-state index contributed by atoms with van der Waals surface area (Å²) in [7, 11) is 0. The van der Waals surface area contributed by atoms with Crippen LogP contribution < -0.4 is 0 Å². The van der Waals surface area contributed by atoms with Gasteiger partial charge < -0.3 is 0 Å². The van der Waals surface area contributed by atoms with Gasteiger partial charge in [-0.25, -0.2) is 4.98 Å². The molecule has 0 amide bonds. The molecule has 0 saturated heterocycles. The Hall–Kier alpha value is -0.280. The molecule has 4 heteroatoms. The van der Waals surface area contributed by atoms with E-state index in [2.05, 4.69) is 4.98 Å². The highest BCUT2D eigenvalue weighted by Crippen LogP contribution is 2.25. The molecule has 1 nitrogen and oxygen atoms in total. The van der Waals surface area contributed by atoms with E-state index in [1.54, 1.807) is 12.3 Å². The van der Waals surface area contributed by atoms with Crippen molar-refractivity contribution in [3.8, 4) is 0 Å². The summed E-state index contributed by atoms with van der Waals surface area (Å²) in [6, 6.07) is 1.57. The number of hydrogen-bond acceptors (Lipinski definition) is 2. The minimum absolute atomic E-state index is 0.407. The molecule has 0 spiro atoms. The van der Waals surface area contributed by atoms with Crippen molar-refractivity contribution < 1.29 is 4.39 Å². The zero-order valence-corrected chi connectivity index (χ0v) is 6.84. The lowest BCUT2D eigenvalue weighted by atomic mass is 10.5. The van der Waals surface area contributed by atoms with Gasteiger partial charge in [0, 0.05) is 6.20 Å². The first kappa shape index (κ1) is 7.82. The second-order valence-electron chi connectivity index (χ2n) is 1.62. The Morgan fingerprint density at radius 2 is 2.40 bits per heavy atom. The molecule has 0 aliphatic heterocycles. The molecule has 1 rings (SSSR count). The summed E-state index contributed by atoms with van der Waals surface area (Å²) in [5.74, 6) is -0.500. The summed E-state index contributed by atoms with van der Waals surface area (Å²) in [5, 5.41) is 0.417. The normalized spacial score (nSPS) is 9.90. The Morgan fingerprint density at radius 1 is 1.70 bits per heavy atom. The highest BCUT2D eigenvalue weighted by Gasteiger charge is 2.04. The molecule has 0 saturated carbocycles. The molecule has 0 aromatic carbocycles. The van der Waals surface area contributed by atoms with E-state index in [1.807, 2.05) is 0 Å². The van der Waals surface area contributed by atoms with Crippen LogP contribution in [0, 0.1) is 5.95 Å². The fourth-order valence-electron chi connectivity index (χ4n) is 0.583. The van der Waals surface area contributed by atoms with Gasteiger partial charge in [-0.05, 0) is 12.3 Å². The Kier molecular flexibility index (Phi) is 2.51. The summed E-state index contributed by atoms with van der Waals surface area (Å²) >= 11 is 6.88. The van der Waals surface area contributed by atoms with Gasteiger partial charge >= 0.3 is 0 Å². The first-order valence-electron chi connectivity index (χ1n) is 2.59. The molecule has 1 aromatic heterocycles. The van der Waals surface area contributed by atoms with Gasteiger partial charge in [-0.1, -0.05) is 11.6 Å². The molecule has 0 fully saturated rings. The van der Waals surface area contributed by atoms with Crippen molar-refractivity contribution in [2.24, 2.45) is 0 Å². The Bertz CT molecular complexity index is 221. The summed E-state index contributed by atoms with van der Waals surface area (Å²) < 4.78 is 12.6. The molecule has 0 atom stereocenters. The minimum atomic E-state index is -0.500. The van der Waals surface area contributed by atoms with Crippen molar-refractivity contribution in [2.75, 3.05) is 6.26 Å². The molecule has 1 heterocycles. The van der Waals surface area contributed by atoms with Gasteiger partial charge in [-0.15, -0.1) is 11.8 Å². The standard InChI is InChI=1S/C6H5ClFNS/c1-10-5-4(7)2-3-9-6(5)8/h2-3H,1H3. The lowest BCUT2D eigenvalue weighted by Gasteiger charge is -1.98. The average molecular weight is 178 g/mol. The molecule has 54 valence electrons. The minimum Gasteiger partial charge on any atom is -0.227 e. The third-order valence-electron chi connectivity index (χ3n) is 1.02. The van der Waals surface area contributed by atoms with Crippen molar-refractivity contribution in [1.82, 2.24) is 4.98 Å². The van der Waals surface area contributed by atoms with Crippen LogP contribution in [0.3, 0.4) is 0 Å². The number of hydrogen-bond donors (Lipinski definition) is 0. The highest BCUT2D eigenvalue weighted by atomic mass is 35.5. The van der Waals surface area contributed by atoms with Crippen LogP contribution in [0.2, 0.25) is 5.02 Å². The quantitative estimate of drug-likeness (QED) is 0.483. The Labute approximate surface area is 67.6 Å². The van der Waals surface area contributed by atoms with Gasteiger partial charge in [0.15, 0.2) is 0 Å². The van der Waals surface area contributed by atoms with Crippen molar-refractivity contribution in [1.29, 1.82) is 0 Å².